The first-order chi connectivity index (χ1) is 5.89. The molecule has 0 saturated carbocycles. The van der Waals surface area contributed by atoms with E-state index >= 15 is 0 Å². The minimum atomic E-state index is -0.138. The molecular weight excluding hydrogens is 211 g/mol. The molecule has 83 valence electrons. The van der Waals surface area contributed by atoms with Gasteiger partial charge in [-0.25, -0.2) is 0 Å². The van der Waals surface area contributed by atoms with Crippen LogP contribution in [0.1, 0.15) is 13.3 Å². The summed E-state index contributed by atoms with van der Waals surface area (Å²) in [6.45, 7) is 3.87. The van der Waals surface area contributed by atoms with Crippen molar-refractivity contribution in [2.45, 2.75) is 17.7 Å². The molecule has 0 radical (unpaired) electrons. The van der Waals surface area contributed by atoms with Gasteiger partial charge < -0.3 is 0 Å². The first-order valence-electron chi connectivity index (χ1n) is 4.42. The van der Waals surface area contributed by atoms with Crippen LogP contribution in [0.2, 0.25) is 4.38 Å². The van der Waals surface area contributed by atoms with Gasteiger partial charge in [-0.05, 0) is 0 Å². The van der Waals surface area contributed by atoms with Crippen LogP contribution < -0.4 is 0 Å². The average Bonchev–Trinajstić information content (AvgIpc) is 2.00. The van der Waals surface area contributed by atoms with Crippen molar-refractivity contribution in [1.82, 2.24) is 9.80 Å². The van der Waals surface area contributed by atoms with E-state index < -0.39 is 0 Å². The van der Waals surface area contributed by atoms with Gasteiger partial charge in [0.15, 0.2) is 0 Å². The Hall–Kier alpha value is 0.214. The summed E-state index contributed by atoms with van der Waals surface area (Å²) in [6.07, 6.45) is 0.946. The summed E-state index contributed by atoms with van der Waals surface area (Å²) < 4.78 is 10.9. The van der Waals surface area contributed by atoms with Gasteiger partial charge in [0, 0.05) is 0 Å². The van der Waals surface area contributed by atoms with Gasteiger partial charge in [0.05, 0.1) is 0 Å². The van der Waals surface area contributed by atoms with Gasteiger partial charge in [0.2, 0.25) is 0 Å². The zero-order valence-corrected chi connectivity index (χ0v) is 10.2. The number of nitrogens with zero attached hydrogens (tertiary/aromatic N) is 2. The van der Waals surface area contributed by atoms with Crippen LogP contribution in [0.4, 0.5) is 0 Å². The van der Waals surface area contributed by atoms with Gasteiger partial charge in [0.1, 0.15) is 0 Å². The first-order valence-corrected chi connectivity index (χ1v) is 5.31. The van der Waals surface area contributed by atoms with E-state index in [1.165, 1.54) is 0 Å². The quantitative estimate of drug-likeness (QED) is 0.640. The minimum absolute atomic E-state index is 0.138. The summed E-state index contributed by atoms with van der Waals surface area (Å²) in [5.41, 5.74) is 0. The summed E-state index contributed by atoms with van der Waals surface area (Å²) in [5.74, 6) is 0. The third kappa shape index (κ3) is 6.31. The molecule has 0 heterocycles. The van der Waals surface area contributed by atoms with Crippen molar-refractivity contribution in [2.24, 2.45) is 0 Å². The standard InChI is InChI=1S/C9H21N2.Ni.O/c1-9(8-11(4)5)6-7-10(2)3;;/h6-8H2,1-5H3;;. The molecule has 1 atom stereocenters. The Labute approximate surface area is 87.5 Å². The number of hydrogen-bond acceptors (Lipinski definition) is 3. The molecule has 0 spiro atoms. The van der Waals surface area contributed by atoms with Crippen LogP contribution in [0.25, 0.3) is 0 Å². The van der Waals surface area contributed by atoms with E-state index in [0.29, 0.717) is 14.4 Å². The van der Waals surface area contributed by atoms with Crippen LogP contribution in [0.3, 0.4) is 0 Å². The van der Waals surface area contributed by atoms with Crippen LogP contribution in [0.15, 0.2) is 0 Å². The molecule has 4 heteroatoms. The topological polar surface area (TPSA) is 23.6 Å². The summed E-state index contributed by atoms with van der Waals surface area (Å²) in [6, 6.07) is 0. The van der Waals surface area contributed by atoms with Crippen molar-refractivity contribution in [3.63, 3.8) is 0 Å². The van der Waals surface area contributed by atoms with E-state index in [9.17, 15) is 3.90 Å². The van der Waals surface area contributed by atoms with Crippen LogP contribution >= 0.6 is 0 Å². The van der Waals surface area contributed by atoms with Gasteiger partial charge >= 0.3 is 87.1 Å². The molecule has 0 saturated heterocycles. The molecular formula is C9H21N2NiO. The Morgan fingerprint density at radius 1 is 1.15 bits per heavy atom. The zero-order chi connectivity index (χ0) is 10.5. The molecule has 3 nitrogen and oxygen atoms in total. The fraction of sp³-hybridized carbons (Fsp3) is 1.00. The van der Waals surface area contributed by atoms with Crippen molar-refractivity contribution in [3.8, 4) is 0 Å². The second-order valence-electron chi connectivity index (χ2n) is 4.19. The summed E-state index contributed by atoms with van der Waals surface area (Å²) in [4.78, 5) is 4.19. The monoisotopic (exact) mass is 231 g/mol. The first kappa shape index (κ1) is 13.2. The average molecular weight is 232 g/mol. The Morgan fingerprint density at radius 2 is 1.69 bits per heavy atom. The maximum absolute atomic E-state index is 11.0. The third-order valence-electron chi connectivity index (χ3n) is 1.86. The fourth-order valence-corrected chi connectivity index (χ4v) is 1.81. The van der Waals surface area contributed by atoms with E-state index in [1.54, 1.807) is 0 Å². The molecule has 0 aromatic heterocycles. The van der Waals surface area contributed by atoms with Crippen LogP contribution in [0, 0.1) is 0 Å². The second-order valence-corrected chi connectivity index (χ2v) is 5.59. The van der Waals surface area contributed by atoms with Crippen LogP contribution in [-0.2, 0) is 18.3 Å². The molecule has 0 amide bonds. The van der Waals surface area contributed by atoms with E-state index in [1.807, 2.05) is 35.1 Å². The molecule has 0 aliphatic heterocycles. The van der Waals surface area contributed by atoms with Crippen molar-refractivity contribution in [1.29, 1.82) is 0 Å². The molecule has 0 bridgehead atoms. The summed E-state index contributed by atoms with van der Waals surface area (Å²) in [7, 11) is 8.09. The Balaban J connectivity index is 4.03. The summed E-state index contributed by atoms with van der Waals surface area (Å²) >= 11 is 0.546. The normalized spacial score (nSPS) is 16.8. The van der Waals surface area contributed by atoms with Crippen molar-refractivity contribution in [3.05, 3.63) is 0 Å². The molecule has 1 unspecified atom stereocenters. The number of hydrogen-bond donors (Lipinski definition) is 0. The molecule has 0 rings (SSSR count). The van der Waals surface area contributed by atoms with E-state index in [-0.39, 0.29) is 4.38 Å². The van der Waals surface area contributed by atoms with E-state index in [4.69, 9.17) is 0 Å². The van der Waals surface area contributed by atoms with Crippen LogP contribution in [0.5, 0.6) is 0 Å². The van der Waals surface area contributed by atoms with Gasteiger partial charge in [-0.2, -0.15) is 0 Å². The Kier molecular flexibility index (Phi) is 5.94. The molecule has 0 N–H and O–H groups in total. The number of rotatable bonds is 6. The van der Waals surface area contributed by atoms with E-state index in [2.05, 4.69) is 9.80 Å². The Bertz CT molecular complexity index is 162. The summed E-state index contributed by atoms with van der Waals surface area (Å²) in [5, 5.41) is 0. The van der Waals surface area contributed by atoms with Crippen molar-refractivity contribution in [2.75, 3.05) is 41.3 Å². The zero-order valence-electron chi connectivity index (χ0n) is 9.24. The molecule has 0 aromatic rings. The molecule has 0 aliphatic rings. The Morgan fingerprint density at radius 3 is 2.00 bits per heavy atom. The van der Waals surface area contributed by atoms with Gasteiger partial charge in [-0.3, -0.25) is 0 Å². The van der Waals surface area contributed by atoms with Crippen LogP contribution in [-0.4, -0.2) is 51.1 Å². The second kappa shape index (κ2) is 5.84. The molecule has 13 heavy (non-hydrogen) atoms. The van der Waals surface area contributed by atoms with Gasteiger partial charge in [0.25, 0.3) is 0 Å². The third-order valence-corrected chi connectivity index (χ3v) is 2.75. The predicted molar refractivity (Wildman–Crippen MR) is 50.8 cm³/mol. The van der Waals surface area contributed by atoms with Crippen molar-refractivity contribution >= 4 is 0 Å². The van der Waals surface area contributed by atoms with E-state index in [0.717, 1.165) is 19.5 Å². The van der Waals surface area contributed by atoms with Gasteiger partial charge in [-0.15, -0.1) is 0 Å². The molecule has 0 aliphatic carbocycles. The van der Waals surface area contributed by atoms with Gasteiger partial charge in [-0.1, -0.05) is 0 Å². The SMILES string of the molecule is CN(C)CC[C](C)(CN(C)C)[Ni]=[O]. The van der Waals surface area contributed by atoms with Crippen molar-refractivity contribution < 1.29 is 18.3 Å². The predicted octanol–water partition coefficient (Wildman–Crippen LogP) is 1.11. The molecule has 0 fully saturated rings. The molecule has 0 aromatic carbocycles. The fourth-order valence-electron chi connectivity index (χ4n) is 1.22. The maximum atomic E-state index is 11.0.